The highest BCUT2D eigenvalue weighted by molar-refractivity contribution is 9.10. The lowest BCUT2D eigenvalue weighted by Gasteiger charge is -2.18. The average Bonchev–Trinajstić information content (AvgIpc) is 3.03. The van der Waals surface area contributed by atoms with Crippen LogP contribution in [-0.2, 0) is 11.3 Å². The van der Waals surface area contributed by atoms with E-state index in [2.05, 4.69) is 20.9 Å². The fourth-order valence-corrected chi connectivity index (χ4v) is 4.07. The first-order chi connectivity index (χ1) is 11.8. The van der Waals surface area contributed by atoms with Gasteiger partial charge in [-0.3, -0.25) is 9.20 Å². The second-order valence-corrected chi connectivity index (χ2v) is 8.29. The summed E-state index contributed by atoms with van der Waals surface area (Å²) in [5.41, 5.74) is 1.94. The van der Waals surface area contributed by atoms with E-state index in [-0.39, 0.29) is 12.5 Å². The van der Waals surface area contributed by atoms with Gasteiger partial charge >= 0.3 is 0 Å². The van der Waals surface area contributed by atoms with Crippen molar-refractivity contribution in [2.45, 2.75) is 20.4 Å². The molecule has 5 nitrogen and oxygen atoms in total. The van der Waals surface area contributed by atoms with Crippen molar-refractivity contribution in [3.63, 3.8) is 0 Å². The number of halogens is 2. The summed E-state index contributed by atoms with van der Waals surface area (Å²) in [7, 11) is 1.76. The van der Waals surface area contributed by atoms with E-state index >= 15 is 0 Å². The minimum atomic E-state index is -0.125. The molecule has 0 fully saturated rings. The SMILES string of the molecule is Cc1cn2c(CN(C)C(=O)COc3ccc(Br)cc3Cl)c(C)nc2s1. The zero-order chi connectivity index (χ0) is 18.1. The Morgan fingerprint density at radius 2 is 2.20 bits per heavy atom. The summed E-state index contributed by atoms with van der Waals surface area (Å²) in [6.45, 7) is 4.41. The Kier molecular flexibility index (Phi) is 5.36. The third kappa shape index (κ3) is 3.99. The van der Waals surface area contributed by atoms with Gasteiger partial charge in [0.1, 0.15) is 5.75 Å². The molecule has 0 saturated carbocycles. The van der Waals surface area contributed by atoms with Gasteiger partial charge in [0.15, 0.2) is 11.6 Å². The van der Waals surface area contributed by atoms with Crippen LogP contribution in [0.15, 0.2) is 28.9 Å². The molecule has 0 saturated heterocycles. The van der Waals surface area contributed by atoms with Gasteiger partial charge in [0, 0.05) is 22.6 Å². The Bertz CT molecular complexity index is 938. The lowest BCUT2D eigenvalue weighted by atomic mass is 10.3. The van der Waals surface area contributed by atoms with Crippen molar-refractivity contribution in [3.8, 4) is 5.75 Å². The van der Waals surface area contributed by atoms with Crippen LogP contribution in [0.2, 0.25) is 5.02 Å². The van der Waals surface area contributed by atoms with Crippen LogP contribution in [0.3, 0.4) is 0 Å². The number of carbonyl (C=O) groups excluding carboxylic acids is 1. The summed E-state index contributed by atoms with van der Waals surface area (Å²) in [5, 5.41) is 0.465. The van der Waals surface area contributed by atoms with Crippen molar-refractivity contribution in [3.05, 3.63) is 50.2 Å². The number of benzene rings is 1. The normalized spacial score (nSPS) is 11.1. The van der Waals surface area contributed by atoms with Gasteiger partial charge in [0.2, 0.25) is 0 Å². The number of nitrogens with zero attached hydrogens (tertiary/aromatic N) is 3. The molecule has 0 spiro atoms. The number of amides is 1. The maximum atomic E-state index is 12.4. The number of rotatable bonds is 5. The van der Waals surface area contributed by atoms with Crippen molar-refractivity contribution in [2.24, 2.45) is 0 Å². The minimum absolute atomic E-state index is 0.0679. The van der Waals surface area contributed by atoms with Crippen molar-refractivity contribution >= 4 is 49.7 Å². The molecule has 2 aromatic heterocycles. The van der Waals surface area contributed by atoms with E-state index in [1.807, 2.05) is 30.5 Å². The quantitative estimate of drug-likeness (QED) is 0.586. The van der Waals surface area contributed by atoms with Crippen LogP contribution in [0.1, 0.15) is 16.3 Å². The number of ether oxygens (including phenoxy) is 1. The van der Waals surface area contributed by atoms with Crippen molar-refractivity contribution in [2.75, 3.05) is 13.7 Å². The highest BCUT2D eigenvalue weighted by atomic mass is 79.9. The van der Waals surface area contributed by atoms with Crippen molar-refractivity contribution in [1.29, 1.82) is 0 Å². The number of likely N-dealkylation sites (N-methyl/N-ethyl adjacent to an activating group) is 1. The van der Waals surface area contributed by atoms with E-state index in [4.69, 9.17) is 16.3 Å². The van der Waals surface area contributed by atoms with Gasteiger partial charge in [0.05, 0.1) is 23.0 Å². The molecule has 0 radical (unpaired) electrons. The Morgan fingerprint density at radius 3 is 2.92 bits per heavy atom. The number of imidazole rings is 1. The Morgan fingerprint density at radius 1 is 1.44 bits per heavy atom. The van der Waals surface area contributed by atoms with E-state index in [9.17, 15) is 4.79 Å². The van der Waals surface area contributed by atoms with E-state index < -0.39 is 0 Å². The maximum absolute atomic E-state index is 12.4. The lowest BCUT2D eigenvalue weighted by Crippen LogP contribution is -2.31. The number of hydrogen-bond donors (Lipinski definition) is 0. The molecule has 0 atom stereocenters. The number of thiazole rings is 1. The summed E-state index contributed by atoms with van der Waals surface area (Å²) in [5.74, 6) is 0.364. The summed E-state index contributed by atoms with van der Waals surface area (Å²) >= 11 is 11.1. The highest BCUT2D eigenvalue weighted by Crippen LogP contribution is 2.27. The molecule has 0 aliphatic rings. The smallest absolute Gasteiger partial charge is 0.260 e. The van der Waals surface area contributed by atoms with Gasteiger partial charge < -0.3 is 9.64 Å². The predicted molar refractivity (Wildman–Crippen MR) is 104 cm³/mol. The Balaban J connectivity index is 1.66. The molecular weight excluding hydrogens is 426 g/mol. The minimum Gasteiger partial charge on any atom is -0.482 e. The van der Waals surface area contributed by atoms with Crippen LogP contribution < -0.4 is 4.74 Å². The van der Waals surface area contributed by atoms with Crippen LogP contribution in [-0.4, -0.2) is 33.8 Å². The molecule has 0 aliphatic heterocycles. The Labute approximate surface area is 163 Å². The zero-order valence-corrected chi connectivity index (χ0v) is 17.2. The van der Waals surface area contributed by atoms with E-state index in [1.165, 1.54) is 4.88 Å². The molecular formula is C17H17BrClN3O2S. The summed E-state index contributed by atoms with van der Waals surface area (Å²) < 4.78 is 8.46. The number of aromatic nitrogens is 2. The standard InChI is InChI=1S/C17H17BrClN3O2S/c1-10-7-22-14(11(2)20-17(22)25-10)8-21(3)16(23)9-24-15-5-4-12(18)6-13(15)19/h4-7H,8-9H2,1-3H3. The van der Waals surface area contributed by atoms with Gasteiger partial charge in [-0.1, -0.05) is 27.5 Å². The third-order valence-electron chi connectivity index (χ3n) is 3.80. The first kappa shape index (κ1) is 18.2. The van der Waals surface area contributed by atoms with Gasteiger partial charge in [-0.15, -0.1) is 11.3 Å². The lowest BCUT2D eigenvalue weighted by molar-refractivity contribution is -0.132. The largest absolute Gasteiger partial charge is 0.482 e. The summed E-state index contributed by atoms with van der Waals surface area (Å²) in [4.78, 5) is 20.7. The van der Waals surface area contributed by atoms with Crippen LogP contribution in [0.4, 0.5) is 0 Å². The van der Waals surface area contributed by atoms with Crippen LogP contribution >= 0.6 is 38.9 Å². The van der Waals surface area contributed by atoms with E-state index in [0.29, 0.717) is 17.3 Å². The maximum Gasteiger partial charge on any atom is 0.260 e. The molecule has 0 unspecified atom stereocenters. The molecule has 3 rings (SSSR count). The fourth-order valence-electron chi connectivity index (χ4n) is 2.45. The van der Waals surface area contributed by atoms with E-state index in [1.54, 1.807) is 35.4 Å². The third-order valence-corrected chi connectivity index (χ3v) is 5.49. The first-order valence-corrected chi connectivity index (χ1v) is 9.59. The van der Waals surface area contributed by atoms with Crippen LogP contribution in [0.5, 0.6) is 5.75 Å². The molecule has 0 N–H and O–H groups in total. The first-order valence-electron chi connectivity index (χ1n) is 7.61. The molecule has 132 valence electrons. The monoisotopic (exact) mass is 441 g/mol. The molecule has 3 aromatic rings. The fraction of sp³-hybridized carbons (Fsp3) is 0.294. The molecule has 2 heterocycles. The average molecular weight is 443 g/mol. The van der Waals surface area contributed by atoms with E-state index in [0.717, 1.165) is 20.8 Å². The number of hydrogen-bond acceptors (Lipinski definition) is 4. The number of carbonyl (C=O) groups is 1. The molecule has 1 aromatic carbocycles. The van der Waals surface area contributed by atoms with Crippen LogP contribution in [0, 0.1) is 13.8 Å². The molecule has 8 heteroatoms. The summed E-state index contributed by atoms with van der Waals surface area (Å²) in [6, 6.07) is 5.29. The van der Waals surface area contributed by atoms with Crippen LogP contribution in [0.25, 0.3) is 4.96 Å². The van der Waals surface area contributed by atoms with Gasteiger partial charge in [-0.2, -0.15) is 0 Å². The number of fused-ring (bicyclic) bond motifs is 1. The second kappa shape index (κ2) is 7.35. The van der Waals surface area contributed by atoms with Gasteiger partial charge in [-0.05, 0) is 32.0 Å². The number of aryl methyl sites for hydroxylation is 2. The molecule has 25 heavy (non-hydrogen) atoms. The van der Waals surface area contributed by atoms with Gasteiger partial charge in [0.25, 0.3) is 5.91 Å². The van der Waals surface area contributed by atoms with Crippen molar-refractivity contribution < 1.29 is 9.53 Å². The van der Waals surface area contributed by atoms with Gasteiger partial charge in [-0.25, -0.2) is 4.98 Å². The zero-order valence-electron chi connectivity index (χ0n) is 14.0. The molecule has 0 aliphatic carbocycles. The highest BCUT2D eigenvalue weighted by Gasteiger charge is 2.17. The Hall–Kier alpha value is -1.57. The molecule has 0 bridgehead atoms. The predicted octanol–water partition coefficient (Wildman–Crippen LogP) is 4.47. The second-order valence-electron chi connectivity index (χ2n) is 5.75. The van der Waals surface area contributed by atoms with Crippen molar-refractivity contribution in [1.82, 2.24) is 14.3 Å². The molecule has 1 amide bonds. The topological polar surface area (TPSA) is 46.8 Å². The summed E-state index contributed by atoms with van der Waals surface area (Å²) in [6.07, 6.45) is 2.05.